The molecular weight excluding hydrogens is 437 g/mol. The molecule has 2 aromatic heterocycles. The Balaban J connectivity index is 1.54. The molecule has 4 aromatic rings. The summed E-state index contributed by atoms with van der Waals surface area (Å²) >= 11 is 5.69. The first-order valence-electron chi connectivity index (χ1n) is 10.7. The first-order chi connectivity index (χ1) is 16.1. The van der Waals surface area contributed by atoms with Gasteiger partial charge in [0.2, 0.25) is 0 Å². The van der Waals surface area contributed by atoms with Gasteiger partial charge in [0.15, 0.2) is 5.11 Å². The zero-order chi connectivity index (χ0) is 22.8. The van der Waals surface area contributed by atoms with Gasteiger partial charge < -0.3 is 19.4 Å². The summed E-state index contributed by atoms with van der Waals surface area (Å²) in [5.41, 5.74) is 2.56. The molecule has 0 amide bonds. The van der Waals surface area contributed by atoms with Crippen LogP contribution in [0.2, 0.25) is 0 Å². The lowest BCUT2D eigenvalue weighted by Crippen LogP contribution is -2.29. The number of benzene rings is 2. The number of hydrogen-bond acceptors (Lipinski definition) is 4. The van der Waals surface area contributed by atoms with E-state index in [1.165, 1.54) is 12.1 Å². The first-order valence-corrected chi connectivity index (χ1v) is 11.1. The van der Waals surface area contributed by atoms with Crippen molar-refractivity contribution in [2.45, 2.75) is 19.0 Å². The molecule has 1 aliphatic heterocycles. The van der Waals surface area contributed by atoms with Crippen molar-refractivity contribution in [3.63, 3.8) is 0 Å². The van der Waals surface area contributed by atoms with Crippen molar-refractivity contribution in [3.05, 3.63) is 102 Å². The van der Waals surface area contributed by atoms with E-state index in [4.69, 9.17) is 21.4 Å². The van der Waals surface area contributed by atoms with Gasteiger partial charge in [0.1, 0.15) is 29.1 Å². The van der Waals surface area contributed by atoms with Crippen LogP contribution in [0.1, 0.15) is 30.5 Å². The maximum atomic E-state index is 13.6. The summed E-state index contributed by atoms with van der Waals surface area (Å²) < 4.78 is 25.5. The number of ether oxygens (including phenoxy) is 1. The average molecular weight is 460 g/mol. The van der Waals surface area contributed by atoms with Gasteiger partial charge >= 0.3 is 0 Å². The fourth-order valence-electron chi connectivity index (χ4n) is 4.07. The molecule has 33 heavy (non-hydrogen) atoms. The highest BCUT2D eigenvalue weighted by atomic mass is 32.1. The molecule has 1 N–H and O–H groups in total. The molecule has 0 unspecified atom stereocenters. The van der Waals surface area contributed by atoms with Gasteiger partial charge in [-0.15, -0.1) is 0 Å². The molecule has 0 radical (unpaired) electrons. The summed E-state index contributed by atoms with van der Waals surface area (Å²) in [5, 5.41) is 3.91. The maximum Gasteiger partial charge on any atom is 0.174 e. The molecule has 0 saturated carbocycles. The van der Waals surface area contributed by atoms with Gasteiger partial charge in [-0.1, -0.05) is 6.07 Å². The van der Waals surface area contributed by atoms with Crippen molar-refractivity contribution in [1.82, 2.24) is 10.3 Å². The monoisotopic (exact) mass is 459 g/mol. The van der Waals surface area contributed by atoms with Crippen LogP contribution in [0.15, 0.2) is 89.5 Å². The standard InChI is InChI=1S/C26H22FN3O2S/c1-2-31-20-12-6-17(7-13-20)22-14-15-23(32-22)25-24(21-5-3-4-16-28-21)29-26(33)30(25)19-10-8-18(27)9-11-19/h3-16,24-25H,2H2,1H3,(H,29,33)/t24-,25+/m1/s1. The summed E-state index contributed by atoms with van der Waals surface area (Å²) in [4.78, 5) is 6.49. The molecule has 0 spiro atoms. The molecule has 5 nitrogen and oxygen atoms in total. The predicted octanol–water partition coefficient (Wildman–Crippen LogP) is 6.06. The van der Waals surface area contributed by atoms with Crippen LogP contribution >= 0.6 is 12.2 Å². The fourth-order valence-corrected chi connectivity index (χ4v) is 4.42. The third kappa shape index (κ3) is 4.19. The Morgan fingerprint density at radius 3 is 2.52 bits per heavy atom. The number of aromatic nitrogens is 1. The molecule has 5 rings (SSSR count). The van der Waals surface area contributed by atoms with Gasteiger partial charge in [-0.05, 0) is 91.9 Å². The Morgan fingerprint density at radius 1 is 1.03 bits per heavy atom. The maximum absolute atomic E-state index is 13.6. The van der Waals surface area contributed by atoms with E-state index in [1.807, 2.05) is 66.4 Å². The third-order valence-electron chi connectivity index (χ3n) is 5.57. The zero-order valence-electron chi connectivity index (χ0n) is 17.9. The minimum atomic E-state index is -0.301. The molecule has 2 aromatic carbocycles. The summed E-state index contributed by atoms with van der Waals surface area (Å²) in [6.07, 6.45) is 1.76. The van der Waals surface area contributed by atoms with Gasteiger partial charge in [-0.2, -0.15) is 0 Å². The van der Waals surface area contributed by atoms with Crippen LogP contribution < -0.4 is 15.0 Å². The Kier molecular flexibility index (Phi) is 5.79. The second-order valence-corrected chi connectivity index (χ2v) is 8.02. The fraction of sp³-hybridized carbons (Fsp3) is 0.154. The summed E-state index contributed by atoms with van der Waals surface area (Å²) in [7, 11) is 0. The topological polar surface area (TPSA) is 50.5 Å². The van der Waals surface area contributed by atoms with Crippen LogP contribution in [-0.2, 0) is 0 Å². The van der Waals surface area contributed by atoms with Crippen molar-refractivity contribution in [3.8, 4) is 17.1 Å². The summed E-state index contributed by atoms with van der Waals surface area (Å²) in [6.45, 7) is 2.57. The number of furan rings is 1. The number of anilines is 1. The molecule has 1 aliphatic rings. The van der Waals surface area contributed by atoms with E-state index in [9.17, 15) is 4.39 Å². The second-order valence-electron chi connectivity index (χ2n) is 7.63. The van der Waals surface area contributed by atoms with Crippen molar-refractivity contribution in [1.29, 1.82) is 0 Å². The lowest BCUT2D eigenvalue weighted by atomic mass is 10.0. The van der Waals surface area contributed by atoms with Gasteiger partial charge in [-0.3, -0.25) is 4.98 Å². The van der Waals surface area contributed by atoms with Crippen LogP contribution in [0, 0.1) is 5.82 Å². The zero-order valence-corrected chi connectivity index (χ0v) is 18.8. The van der Waals surface area contributed by atoms with E-state index >= 15 is 0 Å². The molecule has 0 aliphatic carbocycles. The van der Waals surface area contributed by atoms with Gasteiger partial charge in [0.05, 0.1) is 18.3 Å². The Labute approximate surface area is 196 Å². The highest BCUT2D eigenvalue weighted by Gasteiger charge is 2.42. The van der Waals surface area contributed by atoms with Gasteiger partial charge in [0.25, 0.3) is 0 Å². The summed E-state index contributed by atoms with van der Waals surface area (Å²) in [5.74, 6) is 1.98. The molecule has 0 bridgehead atoms. The van der Waals surface area contributed by atoms with Crippen LogP contribution in [0.4, 0.5) is 10.1 Å². The SMILES string of the molecule is CCOc1ccc(-c2ccc([C@H]3[C@@H](c4ccccn4)NC(=S)N3c3ccc(F)cc3)o2)cc1. The third-order valence-corrected chi connectivity index (χ3v) is 5.89. The molecule has 166 valence electrons. The number of hydrogen-bond donors (Lipinski definition) is 1. The minimum absolute atomic E-state index is 0.233. The molecule has 1 fully saturated rings. The lowest BCUT2D eigenvalue weighted by Gasteiger charge is -2.26. The lowest BCUT2D eigenvalue weighted by molar-refractivity contribution is 0.340. The largest absolute Gasteiger partial charge is 0.494 e. The van der Waals surface area contributed by atoms with Crippen molar-refractivity contribution >= 4 is 23.0 Å². The van der Waals surface area contributed by atoms with Crippen LogP contribution in [0.25, 0.3) is 11.3 Å². The van der Waals surface area contributed by atoms with Crippen LogP contribution in [0.3, 0.4) is 0 Å². The number of nitrogens with zero attached hydrogens (tertiary/aromatic N) is 2. The number of pyridine rings is 1. The van der Waals surface area contributed by atoms with Crippen molar-refractivity contribution < 1.29 is 13.5 Å². The Morgan fingerprint density at radius 2 is 1.82 bits per heavy atom. The van der Waals surface area contributed by atoms with E-state index in [-0.39, 0.29) is 17.9 Å². The molecule has 1 saturated heterocycles. The number of thiocarbonyl (C=S) groups is 1. The van der Waals surface area contributed by atoms with E-state index in [2.05, 4.69) is 10.3 Å². The number of nitrogens with one attached hydrogen (secondary N) is 1. The highest BCUT2D eigenvalue weighted by molar-refractivity contribution is 7.80. The molecule has 7 heteroatoms. The van der Waals surface area contributed by atoms with E-state index < -0.39 is 0 Å². The van der Waals surface area contributed by atoms with Crippen molar-refractivity contribution in [2.75, 3.05) is 11.5 Å². The van der Waals surface area contributed by atoms with E-state index in [0.29, 0.717) is 11.7 Å². The molecular formula is C26H22FN3O2S. The van der Waals surface area contributed by atoms with E-state index in [0.717, 1.165) is 34.2 Å². The predicted molar refractivity (Wildman–Crippen MR) is 130 cm³/mol. The normalized spacial score (nSPS) is 17.8. The minimum Gasteiger partial charge on any atom is -0.494 e. The van der Waals surface area contributed by atoms with Crippen LogP contribution in [0.5, 0.6) is 5.75 Å². The highest BCUT2D eigenvalue weighted by Crippen LogP contribution is 2.43. The Hall–Kier alpha value is -3.71. The number of halogens is 1. The van der Waals surface area contributed by atoms with Gasteiger partial charge in [0, 0.05) is 17.4 Å². The molecule has 2 atom stereocenters. The Bertz CT molecular complexity index is 1240. The van der Waals surface area contributed by atoms with Crippen LogP contribution in [-0.4, -0.2) is 16.7 Å². The average Bonchev–Trinajstić information content (AvgIpc) is 3.46. The van der Waals surface area contributed by atoms with Gasteiger partial charge in [-0.25, -0.2) is 4.39 Å². The first kappa shape index (κ1) is 21.2. The van der Waals surface area contributed by atoms with Crippen molar-refractivity contribution in [2.24, 2.45) is 0 Å². The molecule has 3 heterocycles. The quantitative estimate of drug-likeness (QED) is 0.354. The number of rotatable bonds is 6. The smallest absolute Gasteiger partial charge is 0.174 e. The summed E-state index contributed by atoms with van der Waals surface area (Å²) in [6, 6.07) is 23.2. The second kappa shape index (κ2) is 9.03. The van der Waals surface area contributed by atoms with E-state index in [1.54, 1.807) is 18.3 Å².